The maximum atomic E-state index is 14.8. The van der Waals surface area contributed by atoms with Crippen LogP contribution >= 0.6 is 0 Å². The summed E-state index contributed by atoms with van der Waals surface area (Å²) in [5.41, 5.74) is -3.74. The number of ether oxygens (including phenoxy) is 2. The van der Waals surface area contributed by atoms with Crippen molar-refractivity contribution < 1.29 is 40.2 Å². The zero-order valence-electron chi connectivity index (χ0n) is 12.8. The normalized spacial score (nSPS) is 20.1. The van der Waals surface area contributed by atoms with Crippen LogP contribution in [-0.2, 0) is 16.3 Å². The molecule has 1 aliphatic heterocycles. The zero-order valence-corrected chi connectivity index (χ0v) is 12.8. The molecule has 0 N–H and O–H groups in total. The minimum Gasteiger partial charge on any atom is -0.483 e. The Morgan fingerprint density at radius 1 is 1.08 bits per heavy atom. The topological polar surface area (TPSA) is 34.6 Å². The van der Waals surface area contributed by atoms with E-state index >= 15 is 0 Å². The van der Waals surface area contributed by atoms with Crippen molar-refractivity contribution >= 4 is 0 Å². The molecule has 3 rings (SSSR count). The maximum Gasteiger partial charge on any atom is 0.422 e. The fraction of sp³-hybridized carbons (Fsp3) is 0.312. The zero-order chi connectivity index (χ0) is 19.2. The van der Waals surface area contributed by atoms with E-state index in [1.807, 2.05) is 0 Å². The minimum atomic E-state index is -4.59. The molecule has 0 bridgehead atoms. The van der Waals surface area contributed by atoms with Crippen molar-refractivity contribution in [2.24, 2.45) is 0 Å². The first-order chi connectivity index (χ1) is 12.1. The standard InChI is InChI=1S/C16H10F7NO2/c17-9-1-3-11(12(18)5-9)14(7-26-14)16(22,23)13-4-2-10(6-24-13)25-8-15(19,20)21/h1-6H,7-8H2. The highest BCUT2D eigenvalue weighted by molar-refractivity contribution is 5.36. The number of aromatic nitrogens is 1. The fourth-order valence-corrected chi connectivity index (χ4v) is 2.42. The number of hydrogen-bond acceptors (Lipinski definition) is 3. The fourth-order valence-electron chi connectivity index (χ4n) is 2.42. The molecule has 1 aromatic carbocycles. The Kier molecular flexibility index (Phi) is 4.33. The van der Waals surface area contributed by atoms with E-state index in [0.717, 1.165) is 24.3 Å². The van der Waals surface area contributed by atoms with Crippen LogP contribution in [0.3, 0.4) is 0 Å². The van der Waals surface area contributed by atoms with Crippen LogP contribution in [0.5, 0.6) is 5.75 Å². The molecule has 1 saturated heterocycles. The van der Waals surface area contributed by atoms with Gasteiger partial charge in [0.25, 0.3) is 0 Å². The van der Waals surface area contributed by atoms with Crippen LogP contribution in [0.15, 0.2) is 36.5 Å². The van der Waals surface area contributed by atoms with Gasteiger partial charge in [0.05, 0.1) is 12.8 Å². The first-order valence-corrected chi connectivity index (χ1v) is 7.18. The van der Waals surface area contributed by atoms with Gasteiger partial charge in [-0.2, -0.15) is 22.0 Å². The molecule has 10 heteroatoms. The van der Waals surface area contributed by atoms with Crippen molar-refractivity contribution in [1.29, 1.82) is 0 Å². The number of alkyl halides is 5. The Labute approximate surface area is 142 Å². The van der Waals surface area contributed by atoms with Crippen LogP contribution < -0.4 is 4.74 Å². The van der Waals surface area contributed by atoms with E-state index in [1.54, 1.807) is 0 Å². The Hall–Kier alpha value is -2.36. The molecular weight excluding hydrogens is 371 g/mol. The van der Waals surface area contributed by atoms with Crippen LogP contribution in [0.4, 0.5) is 30.7 Å². The Morgan fingerprint density at radius 2 is 1.77 bits per heavy atom. The molecule has 3 nitrogen and oxygen atoms in total. The predicted molar refractivity (Wildman–Crippen MR) is 73.7 cm³/mol. The molecule has 0 spiro atoms. The lowest BCUT2D eigenvalue weighted by molar-refractivity contribution is -0.153. The SMILES string of the molecule is Fc1ccc(C2(C(F)(F)c3ccc(OCC(F)(F)F)cn3)CO2)c(F)c1. The van der Waals surface area contributed by atoms with E-state index in [-0.39, 0.29) is 5.75 Å². The van der Waals surface area contributed by atoms with Crippen LogP contribution in [-0.4, -0.2) is 24.4 Å². The van der Waals surface area contributed by atoms with E-state index < -0.39 is 53.8 Å². The summed E-state index contributed by atoms with van der Waals surface area (Å²) in [6, 6.07) is 3.78. The third-order valence-corrected chi connectivity index (χ3v) is 3.77. The van der Waals surface area contributed by atoms with Crippen molar-refractivity contribution in [2.75, 3.05) is 13.2 Å². The molecule has 1 fully saturated rings. The van der Waals surface area contributed by atoms with Gasteiger partial charge < -0.3 is 9.47 Å². The number of epoxide rings is 1. The van der Waals surface area contributed by atoms with Gasteiger partial charge in [-0.1, -0.05) is 0 Å². The number of halogens is 7. The first kappa shape index (κ1) is 18.4. The summed E-state index contributed by atoms with van der Waals surface area (Å²) < 4.78 is 102. The minimum absolute atomic E-state index is 0.361. The summed E-state index contributed by atoms with van der Waals surface area (Å²) in [4.78, 5) is 3.41. The molecule has 0 aliphatic carbocycles. The Balaban J connectivity index is 1.85. The lowest BCUT2D eigenvalue weighted by atomic mass is 9.90. The summed E-state index contributed by atoms with van der Waals surface area (Å²) in [7, 11) is 0. The highest BCUT2D eigenvalue weighted by Crippen LogP contribution is 2.56. The van der Waals surface area contributed by atoms with Crippen molar-refractivity contribution in [2.45, 2.75) is 17.7 Å². The van der Waals surface area contributed by atoms with Gasteiger partial charge in [-0.25, -0.2) is 8.78 Å². The van der Waals surface area contributed by atoms with Gasteiger partial charge in [0.2, 0.25) is 0 Å². The van der Waals surface area contributed by atoms with Gasteiger partial charge in [-0.15, -0.1) is 0 Å². The highest BCUT2D eigenvalue weighted by atomic mass is 19.4. The van der Waals surface area contributed by atoms with E-state index in [4.69, 9.17) is 4.74 Å². The summed E-state index contributed by atoms with van der Waals surface area (Å²) in [5, 5.41) is 0. The van der Waals surface area contributed by atoms with Gasteiger partial charge in [0.1, 0.15) is 23.1 Å². The molecule has 1 aromatic heterocycles. The average Bonchev–Trinajstić information content (AvgIpc) is 3.35. The molecule has 0 saturated carbocycles. The summed E-state index contributed by atoms with van der Waals surface area (Å²) in [5.74, 6) is -6.31. The molecule has 1 unspecified atom stereocenters. The summed E-state index contributed by atoms with van der Waals surface area (Å²) in [6.45, 7) is -2.13. The number of nitrogens with zero attached hydrogens (tertiary/aromatic N) is 1. The maximum absolute atomic E-state index is 14.8. The molecule has 0 amide bonds. The second-order valence-electron chi connectivity index (χ2n) is 5.60. The van der Waals surface area contributed by atoms with Crippen LogP contribution in [0, 0.1) is 11.6 Å². The number of pyridine rings is 1. The molecular formula is C16H10F7NO2. The highest BCUT2D eigenvalue weighted by Gasteiger charge is 2.68. The monoisotopic (exact) mass is 381 g/mol. The largest absolute Gasteiger partial charge is 0.483 e. The number of rotatable bonds is 5. The molecule has 1 atom stereocenters. The van der Waals surface area contributed by atoms with E-state index in [0.29, 0.717) is 12.3 Å². The van der Waals surface area contributed by atoms with E-state index in [9.17, 15) is 30.7 Å². The summed E-state index contributed by atoms with van der Waals surface area (Å²) in [6.07, 6.45) is -3.89. The number of benzene rings is 1. The molecule has 26 heavy (non-hydrogen) atoms. The van der Waals surface area contributed by atoms with Crippen LogP contribution in [0.25, 0.3) is 0 Å². The second-order valence-corrected chi connectivity index (χ2v) is 5.60. The van der Waals surface area contributed by atoms with Crippen molar-refractivity contribution in [1.82, 2.24) is 4.98 Å². The first-order valence-electron chi connectivity index (χ1n) is 7.18. The third kappa shape index (κ3) is 3.33. The number of hydrogen-bond donors (Lipinski definition) is 0. The predicted octanol–water partition coefficient (Wildman–Crippen LogP) is 4.32. The quantitative estimate of drug-likeness (QED) is 0.572. The van der Waals surface area contributed by atoms with Gasteiger partial charge in [-0.3, -0.25) is 4.98 Å². The van der Waals surface area contributed by atoms with Gasteiger partial charge in [-0.05, 0) is 24.3 Å². The van der Waals surface area contributed by atoms with Crippen LogP contribution in [0.2, 0.25) is 0 Å². The Morgan fingerprint density at radius 3 is 2.27 bits per heavy atom. The van der Waals surface area contributed by atoms with Gasteiger partial charge in [0, 0.05) is 11.6 Å². The lowest BCUT2D eigenvalue weighted by Gasteiger charge is -2.24. The van der Waals surface area contributed by atoms with Gasteiger partial charge in [0.15, 0.2) is 12.2 Å². The third-order valence-electron chi connectivity index (χ3n) is 3.77. The van der Waals surface area contributed by atoms with Crippen molar-refractivity contribution in [3.05, 3.63) is 59.4 Å². The smallest absolute Gasteiger partial charge is 0.422 e. The molecule has 1 aliphatic rings. The molecule has 140 valence electrons. The van der Waals surface area contributed by atoms with Crippen LogP contribution in [0.1, 0.15) is 11.3 Å². The van der Waals surface area contributed by atoms with E-state index in [1.165, 1.54) is 0 Å². The second kappa shape index (κ2) is 6.11. The van der Waals surface area contributed by atoms with Crippen molar-refractivity contribution in [3.63, 3.8) is 0 Å². The summed E-state index contributed by atoms with van der Waals surface area (Å²) >= 11 is 0. The van der Waals surface area contributed by atoms with Gasteiger partial charge >= 0.3 is 12.1 Å². The molecule has 2 aromatic rings. The lowest BCUT2D eigenvalue weighted by Crippen LogP contribution is -2.34. The molecule has 0 radical (unpaired) electrons. The molecule has 2 heterocycles. The van der Waals surface area contributed by atoms with Crippen molar-refractivity contribution in [3.8, 4) is 5.75 Å². The Bertz CT molecular complexity index is 801. The van der Waals surface area contributed by atoms with E-state index in [2.05, 4.69) is 9.72 Å². The average molecular weight is 381 g/mol.